The number of likely N-dealkylation sites (tertiary alicyclic amines) is 1. The maximum atomic E-state index is 12.2. The Kier molecular flexibility index (Phi) is 5.15. The summed E-state index contributed by atoms with van der Waals surface area (Å²) in [5.41, 5.74) is -0.454. The van der Waals surface area contributed by atoms with E-state index in [0.717, 1.165) is 5.92 Å². The molecule has 1 saturated carbocycles. The van der Waals surface area contributed by atoms with Crippen LogP contribution in [0, 0.1) is 5.92 Å². The molecule has 0 spiro atoms. The molecule has 1 saturated heterocycles. The van der Waals surface area contributed by atoms with Crippen LogP contribution in [0.5, 0.6) is 0 Å². The quantitative estimate of drug-likeness (QED) is 0.847. The summed E-state index contributed by atoms with van der Waals surface area (Å²) in [6, 6.07) is 0.662. The minimum Gasteiger partial charge on any atom is -0.444 e. The highest BCUT2D eigenvalue weighted by molar-refractivity contribution is 5.68. The standard InChI is InChI=1S/C16H30N2O3/c1-11(8-12-6-7-12)17-13-9-18(10-14(13)20-5)15(19)21-16(2,3)4/h11-14,17H,6-10H2,1-5H3/t11?,13?,14-/m0/s1. The molecular formula is C16H30N2O3. The van der Waals surface area contributed by atoms with Gasteiger partial charge >= 0.3 is 6.09 Å². The molecule has 0 aromatic carbocycles. The molecule has 5 nitrogen and oxygen atoms in total. The Balaban J connectivity index is 1.85. The largest absolute Gasteiger partial charge is 0.444 e. The summed E-state index contributed by atoms with van der Waals surface area (Å²) in [6.07, 6.45) is 3.75. The van der Waals surface area contributed by atoms with Gasteiger partial charge in [0, 0.05) is 19.7 Å². The fraction of sp³-hybridized carbons (Fsp3) is 0.938. The maximum Gasteiger partial charge on any atom is 0.410 e. The molecule has 5 heteroatoms. The number of amides is 1. The number of carbonyl (C=O) groups is 1. The molecule has 1 aliphatic heterocycles. The molecule has 1 aliphatic carbocycles. The molecule has 2 fully saturated rings. The van der Waals surface area contributed by atoms with Crippen LogP contribution in [-0.4, -0.2) is 55.0 Å². The lowest BCUT2D eigenvalue weighted by molar-refractivity contribution is 0.0252. The molecule has 2 rings (SSSR count). The van der Waals surface area contributed by atoms with Gasteiger partial charge in [-0.2, -0.15) is 0 Å². The molecule has 2 aliphatic rings. The van der Waals surface area contributed by atoms with E-state index in [1.807, 2.05) is 20.8 Å². The molecule has 21 heavy (non-hydrogen) atoms. The number of carbonyl (C=O) groups excluding carboxylic acids is 1. The van der Waals surface area contributed by atoms with E-state index in [0.29, 0.717) is 19.1 Å². The Labute approximate surface area is 128 Å². The molecule has 0 aromatic rings. The monoisotopic (exact) mass is 298 g/mol. The van der Waals surface area contributed by atoms with Gasteiger partial charge in [0.2, 0.25) is 0 Å². The van der Waals surface area contributed by atoms with Gasteiger partial charge < -0.3 is 19.7 Å². The van der Waals surface area contributed by atoms with Crippen LogP contribution in [0.3, 0.4) is 0 Å². The van der Waals surface area contributed by atoms with Crippen molar-refractivity contribution >= 4 is 6.09 Å². The first-order valence-electron chi connectivity index (χ1n) is 8.05. The average Bonchev–Trinajstić information content (AvgIpc) is 3.05. The molecule has 1 N–H and O–H groups in total. The van der Waals surface area contributed by atoms with Crippen LogP contribution in [-0.2, 0) is 9.47 Å². The van der Waals surface area contributed by atoms with Gasteiger partial charge in [0.15, 0.2) is 0 Å². The maximum absolute atomic E-state index is 12.2. The number of hydrogen-bond donors (Lipinski definition) is 1. The fourth-order valence-electron chi connectivity index (χ4n) is 2.94. The highest BCUT2D eigenvalue weighted by Gasteiger charge is 2.38. The van der Waals surface area contributed by atoms with Crippen molar-refractivity contribution in [1.82, 2.24) is 10.2 Å². The van der Waals surface area contributed by atoms with Crippen LogP contribution in [0.15, 0.2) is 0 Å². The number of nitrogens with zero attached hydrogens (tertiary/aromatic N) is 1. The Morgan fingerprint density at radius 2 is 2.00 bits per heavy atom. The molecule has 0 aromatic heterocycles. The van der Waals surface area contributed by atoms with E-state index in [1.54, 1.807) is 12.0 Å². The van der Waals surface area contributed by atoms with E-state index in [1.165, 1.54) is 19.3 Å². The summed E-state index contributed by atoms with van der Waals surface area (Å²) >= 11 is 0. The van der Waals surface area contributed by atoms with Gasteiger partial charge in [0.25, 0.3) is 0 Å². The van der Waals surface area contributed by atoms with Gasteiger partial charge in [-0.3, -0.25) is 0 Å². The molecule has 2 unspecified atom stereocenters. The van der Waals surface area contributed by atoms with Gasteiger partial charge in [-0.15, -0.1) is 0 Å². The highest BCUT2D eigenvalue weighted by atomic mass is 16.6. The van der Waals surface area contributed by atoms with Crippen LogP contribution in [0.1, 0.15) is 47.0 Å². The lowest BCUT2D eigenvalue weighted by Crippen LogP contribution is -2.45. The van der Waals surface area contributed by atoms with Gasteiger partial charge in [0.1, 0.15) is 5.60 Å². The predicted octanol–water partition coefficient (Wildman–Crippen LogP) is 2.40. The van der Waals surface area contributed by atoms with E-state index >= 15 is 0 Å². The Morgan fingerprint density at radius 1 is 1.33 bits per heavy atom. The van der Waals surface area contributed by atoms with Crippen LogP contribution in [0.25, 0.3) is 0 Å². The number of nitrogens with one attached hydrogen (secondary N) is 1. The topological polar surface area (TPSA) is 50.8 Å². The molecule has 3 atom stereocenters. The molecule has 1 heterocycles. The first kappa shape index (κ1) is 16.6. The molecule has 0 bridgehead atoms. The van der Waals surface area contributed by atoms with Gasteiger partial charge in [-0.1, -0.05) is 12.8 Å². The van der Waals surface area contributed by atoms with Crippen LogP contribution >= 0.6 is 0 Å². The molecule has 1 amide bonds. The summed E-state index contributed by atoms with van der Waals surface area (Å²) in [5, 5.41) is 3.62. The second-order valence-electron chi connectivity index (χ2n) is 7.51. The summed E-state index contributed by atoms with van der Waals surface area (Å²) in [5.74, 6) is 0.900. The number of methoxy groups -OCH3 is 1. The number of hydrogen-bond acceptors (Lipinski definition) is 4. The van der Waals surface area contributed by atoms with Crippen LogP contribution < -0.4 is 5.32 Å². The summed E-state index contributed by atoms with van der Waals surface area (Å²) in [7, 11) is 1.71. The zero-order valence-electron chi connectivity index (χ0n) is 14.0. The summed E-state index contributed by atoms with van der Waals surface area (Å²) < 4.78 is 11.0. The molecule has 0 radical (unpaired) electrons. The van der Waals surface area contributed by atoms with Crippen molar-refractivity contribution in [1.29, 1.82) is 0 Å². The minimum absolute atomic E-state index is 0.0409. The van der Waals surface area contributed by atoms with Crippen molar-refractivity contribution in [2.75, 3.05) is 20.2 Å². The van der Waals surface area contributed by atoms with Crippen LogP contribution in [0.4, 0.5) is 4.79 Å². The van der Waals surface area contributed by atoms with E-state index in [2.05, 4.69) is 12.2 Å². The number of rotatable bonds is 5. The molecular weight excluding hydrogens is 268 g/mol. The van der Waals surface area contributed by atoms with Crippen molar-refractivity contribution in [3.63, 3.8) is 0 Å². The lowest BCUT2D eigenvalue weighted by atomic mass is 10.1. The van der Waals surface area contributed by atoms with E-state index in [9.17, 15) is 4.79 Å². The van der Waals surface area contributed by atoms with Crippen molar-refractivity contribution in [2.24, 2.45) is 5.92 Å². The third kappa shape index (κ3) is 5.15. The number of ether oxygens (including phenoxy) is 2. The average molecular weight is 298 g/mol. The van der Waals surface area contributed by atoms with Crippen molar-refractivity contribution < 1.29 is 14.3 Å². The normalized spacial score (nSPS) is 27.8. The Morgan fingerprint density at radius 3 is 2.52 bits per heavy atom. The fourth-order valence-corrected chi connectivity index (χ4v) is 2.94. The smallest absolute Gasteiger partial charge is 0.410 e. The third-order valence-electron chi connectivity index (χ3n) is 4.10. The minimum atomic E-state index is -0.454. The molecule has 122 valence electrons. The first-order valence-corrected chi connectivity index (χ1v) is 8.05. The second kappa shape index (κ2) is 6.53. The van der Waals surface area contributed by atoms with Crippen molar-refractivity contribution in [3.05, 3.63) is 0 Å². The van der Waals surface area contributed by atoms with E-state index in [-0.39, 0.29) is 18.2 Å². The Hall–Kier alpha value is -0.810. The van der Waals surface area contributed by atoms with Gasteiger partial charge in [-0.05, 0) is 40.0 Å². The van der Waals surface area contributed by atoms with Gasteiger partial charge in [0.05, 0.1) is 18.7 Å². The zero-order valence-corrected chi connectivity index (χ0v) is 14.0. The summed E-state index contributed by atoms with van der Waals surface area (Å²) in [4.78, 5) is 13.9. The SMILES string of the molecule is CO[C@H]1CN(C(=O)OC(C)(C)C)CC1NC(C)CC1CC1. The van der Waals surface area contributed by atoms with E-state index in [4.69, 9.17) is 9.47 Å². The van der Waals surface area contributed by atoms with Gasteiger partial charge in [-0.25, -0.2) is 4.79 Å². The Bertz CT molecular complexity index is 363. The third-order valence-corrected chi connectivity index (χ3v) is 4.10. The second-order valence-corrected chi connectivity index (χ2v) is 7.51. The van der Waals surface area contributed by atoms with Crippen LogP contribution in [0.2, 0.25) is 0 Å². The van der Waals surface area contributed by atoms with Crippen molar-refractivity contribution in [2.45, 2.75) is 70.7 Å². The first-order chi connectivity index (χ1) is 9.78. The zero-order chi connectivity index (χ0) is 15.6. The van der Waals surface area contributed by atoms with Crippen molar-refractivity contribution in [3.8, 4) is 0 Å². The predicted molar refractivity (Wildman–Crippen MR) is 82.3 cm³/mol. The van der Waals surface area contributed by atoms with E-state index < -0.39 is 5.60 Å². The highest BCUT2D eigenvalue weighted by Crippen LogP contribution is 2.33. The lowest BCUT2D eigenvalue weighted by Gasteiger charge is -2.25. The summed E-state index contributed by atoms with van der Waals surface area (Å²) in [6.45, 7) is 9.15.